The fourth-order valence-corrected chi connectivity index (χ4v) is 1.22. The van der Waals surface area contributed by atoms with Crippen LogP contribution in [0, 0.1) is 0 Å². The van der Waals surface area contributed by atoms with E-state index in [1.165, 1.54) is 0 Å². The minimum atomic E-state index is 0.981. The Balaban J connectivity index is 2.94. The first kappa shape index (κ1) is 7.92. The molecule has 1 heterocycles. The van der Waals surface area contributed by atoms with Gasteiger partial charge in [0.2, 0.25) is 0 Å². The standard InChI is InChI=1S/C9H14N2/c1-4-8-9(5-2)11(3)7-6-10-8/h4-5,10H,1-2,6-7H2,3H3. The van der Waals surface area contributed by atoms with Gasteiger partial charge in [-0.15, -0.1) is 0 Å². The zero-order valence-corrected chi connectivity index (χ0v) is 6.93. The van der Waals surface area contributed by atoms with Crippen LogP contribution in [0.1, 0.15) is 0 Å². The number of hydrogen-bond donors (Lipinski definition) is 1. The molecule has 0 spiro atoms. The van der Waals surface area contributed by atoms with Crippen LogP contribution in [0.5, 0.6) is 0 Å². The Bertz CT molecular complexity index is 204. The normalized spacial score (nSPS) is 17.7. The number of nitrogens with one attached hydrogen (secondary N) is 1. The average molecular weight is 150 g/mol. The van der Waals surface area contributed by atoms with Crippen molar-refractivity contribution in [1.82, 2.24) is 10.2 Å². The zero-order chi connectivity index (χ0) is 8.27. The highest BCUT2D eigenvalue weighted by atomic mass is 15.2. The molecule has 1 rings (SSSR count). The third kappa shape index (κ3) is 1.45. The molecule has 0 atom stereocenters. The van der Waals surface area contributed by atoms with Crippen LogP contribution < -0.4 is 5.32 Å². The van der Waals surface area contributed by atoms with E-state index in [9.17, 15) is 0 Å². The Morgan fingerprint density at radius 2 is 2.18 bits per heavy atom. The third-order valence-electron chi connectivity index (χ3n) is 1.85. The molecule has 1 aliphatic heterocycles. The van der Waals surface area contributed by atoms with Crippen LogP contribution in [-0.4, -0.2) is 25.0 Å². The SMILES string of the molecule is C=CC1=C(C=C)N(C)CCN1. The van der Waals surface area contributed by atoms with Gasteiger partial charge in [-0.3, -0.25) is 0 Å². The van der Waals surface area contributed by atoms with Gasteiger partial charge in [0, 0.05) is 20.1 Å². The molecule has 60 valence electrons. The number of likely N-dealkylation sites (N-methyl/N-ethyl adjacent to an activating group) is 1. The molecule has 0 bridgehead atoms. The minimum absolute atomic E-state index is 0.981. The van der Waals surface area contributed by atoms with Gasteiger partial charge in [0.1, 0.15) is 0 Å². The van der Waals surface area contributed by atoms with Crippen molar-refractivity contribution in [3.05, 3.63) is 36.7 Å². The van der Waals surface area contributed by atoms with Gasteiger partial charge in [-0.05, 0) is 12.2 Å². The van der Waals surface area contributed by atoms with Gasteiger partial charge in [0.25, 0.3) is 0 Å². The summed E-state index contributed by atoms with van der Waals surface area (Å²) >= 11 is 0. The first-order valence-corrected chi connectivity index (χ1v) is 3.73. The summed E-state index contributed by atoms with van der Waals surface area (Å²) in [5.74, 6) is 0. The molecule has 1 N–H and O–H groups in total. The first-order chi connectivity index (χ1) is 5.29. The first-order valence-electron chi connectivity index (χ1n) is 3.73. The quantitative estimate of drug-likeness (QED) is 0.634. The average Bonchev–Trinajstić information content (AvgIpc) is 2.04. The lowest BCUT2D eigenvalue weighted by atomic mass is 10.2. The number of nitrogens with zero attached hydrogens (tertiary/aromatic N) is 1. The van der Waals surface area contributed by atoms with Gasteiger partial charge in [-0.2, -0.15) is 0 Å². The van der Waals surface area contributed by atoms with E-state index in [0.29, 0.717) is 0 Å². The van der Waals surface area contributed by atoms with Crippen LogP contribution in [-0.2, 0) is 0 Å². The van der Waals surface area contributed by atoms with Gasteiger partial charge in [-0.1, -0.05) is 13.2 Å². The molecule has 0 aromatic rings. The summed E-state index contributed by atoms with van der Waals surface area (Å²) in [4.78, 5) is 2.17. The van der Waals surface area contributed by atoms with Crippen molar-refractivity contribution in [3.63, 3.8) is 0 Å². The van der Waals surface area contributed by atoms with E-state index in [-0.39, 0.29) is 0 Å². The molecule has 0 aliphatic carbocycles. The van der Waals surface area contributed by atoms with Gasteiger partial charge < -0.3 is 10.2 Å². The number of allylic oxidation sites excluding steroid dienone is 2. The molecule has 0 amide bonds. The summed E-state index contributed by atoms with van der Waals surface area (Å²) in [5.41, 5.74) is 2.21. The predicted octanol–water partition coefficient (Wildman–Crippen LogP) is 1.10. The minimum Gasteiger partial charge on any atom is -0.382 e. The third-order valence-corrected chi connectivity index (χ3v) is 1.85. The molecule has 0 saturated carbocycles. The van der Waals surface area contributed by atoms with Gasteiger partial charge in [0.15, 0.2) is 0 Å². The van der Waals surface area contributed by atoms with Crippen LogP contribution in [0.25, 0.3) is 0 Å². The Morgan fingerprint density at radius 1 is 1.45 bits per heavy atom. The molecule has 0 saturated heterocycles. The second-order valence-corrected chi connectivity index (χ2v) is 2.56. The monoisotopic (exact) mass is 150 g/mol. The molecule has 2 heteroatoms. The summed E-state index contributed by atoms with van der Waals surface area (Å²) in [6.45, 7) is 9.48. The van der Waals surface area contributed by atoms with Crippen molar-refractivity contribution in [2.24, 2.45) is 0 Å². The van der Waals surface area contributed by atoms with Gasteiger partial charge in [-0.25, -0.2) is 0 Å². The molecule has 0 fully saturated rings. The summed E-state index contributed by atoms with van der Waals surface area (Å²) in [6.07, 6.45) is 3.68. The van der Waals surface area contributed by atoms with Crippen molar-refractivity contribution < 1.29 is 0 Å². The fourth-order valence-electron chi connectivity index (χ4n) is 1.22. The van der Waals surface area contributed by atoms with Crippen LogP contribution >= 0.6 is 0 Å². The van der Waals surface area contributed by atoms with E-state index in [0.717, 1.165) is 24.5 Å². The number of rotatable bonds is 2. The van der Waals surface area contributed by atoms with E-state index < -0.39 is 0 Å². The Morgan fingerprint density at radius 3 is 2.64 bits per heavy atom. The summed E-state index contributed by atoms with van der Waals surface area (Å²) in [5, 5.41) is 3.25. The van der Waals surface area contributed by atoms with E-state index in [1.54, 1.807) is 0 Å². The largest absolute Gasteiger partial charge is 0.382 e. The van der Waals surface area contributed by atoms with Crippen molar-refractivity contribution in [2.45, 2.75) is 0 Å². The summed E-state index contributed by atoms with van der Waals surface area (Å²) in [6, 6.07) is 0. The number of hydrogen-bond acceptors (Lipinski definition) is 2. The molecule has 2 nitrogen and oxygen atoms in total. The molecule has 0 aromatic carbocycles. The molecule has 1 aliphatic rings. The molecular formula is C9H14N2. The summed E-state index contributed by atoms with van der Waals surface area (Å²) in [7, 11) is 2.06. The molecule has 0 unspecified atom stereocenters. The Labute approximate surface area is 67.9 Å². The Kier molecular flexibility index (Phi) is 2.36. The smallest absolute Gasteiger partial charge is 0.0593 e. The zero-order valence-electron chi connectivity index (χ0n) is 6.93. The maximum atomic E-state index is 3.75. The maximum Gasteiger partial charge on any atom is 0.0593 e. The topological polar surface area (TPSA) is 15.3 Å². The highest BCUT2D eigenvalue weighted by molar-refractivity contribution is 5.30. The lowest BCUT2D eigenvalue weighted by Crippen LogP contribution is -2.35. The molecule has 0 aromatic heterocycles. The molecular weight excluding hydrogens is 136 g/mol. The predicted molar refractivity (Wildman–Crippen MR) is 48.1 cm³/mol. The Hall–Kier alpha value is -1.18. The lowest BCUT2D eigenvalue weighted by Gasteiger charge is -2.28. The lowest BCUT2D eigenvalue weighted by molar-refractivity contribution is 0.398. The van der Waals surface area contributed by atoms with Crippen molar-refractivity contribution in [1.29, 1.82) is 0 Å². The van der Waals surface area contributed by atoms with Crippen LogP contribution in [0.4, 0.5) is 0 Å². The molecule has 11 heavy (non-hydrogen) atoms. The second-order valence-electron chi connectivity index (χ2n) is 2.56. The van der Waals surface area contributed by atoms with E-state index in [2.05, 4.69) is 30.4 Å². The second kappa shape index (κ2) is 3.28. The van der Waals surface area contributed by atoms with E-state index >= 15 is 0 Å². The van der Waals surface area contributed by atoms with E-state index in [4.69, 9.17) is 0 Å². The molecule has 0 radical (unpaired) electrons. The van der Waals surface area contributed by atoms with Crippen molar-refractivity contribution in [3.8, 4) is 0 Å². The van der Waals surface area contributed by atoms with Crippen LogP contribution in [0.2, 0.25) is 0 Å². The fraction of sp³-hybridized carbons (Fsp3) is 0.333. The maximum absolute atomic E-state index is 3.75. The van der Waals surface area contributed by atoms with Crippen molar-refractivity contribution in [2.75, 3.05) is 20.1 Å². The van der Waals surface area contributed by atoms with Crippen molar-refractivity contribution >= 4 is 0 Å². The highest BCUT2D eigenvalue weighted by Crippen LogP contribution is 2.11. The summed E-state index contributed by atoms with van der Waals surface area (Å²) < 4.78 is 0. The van der Waals surface area contributed by atoms with Gasteiger partial charge in [0.05, 0.1) is 11.4 Å². The van der Waals surface area contributed by atoms with Gasteiger partial charge >= 0.3 is 0 Å². The van der Waals surface area contributed by atoms with Crippen LogP contribution in [0.15, 0.2) is 36.7 Å². The highest BCUT2D eigenvalue weighted by Gasteiger charge is 2.10. The van der Waals surface area contributed by atoms with Crippen LogP contribution in [0.3, 0.4) is 0 Å². The van der Waals surface area contributed by atoms with E-state index in [1.807, 2.05) is 12.2 Å².